The van der Waals surface area contributed by atoms with E-state index in [1.165, 1.54) is 6.20 Å². The van der Waals surface area contributed by atoms with E-state index in [0.717, 1.165) is 24.5 Å². The van der Waals surface area contributed by atoms with Crippen LogP contribution in [0.2, 0.25) is 0 Å². The molecule has 0 unspecified atom stereocenters. The summed E-state index contributed by atoms with van der Waals surface area (Å²) < 4.78 is 4.97. The third-order valence-electron chi connectivity index (χ3n) is 5.41. The summed E-state index contributed by atoms with van der Waals surface area (Å²) in [5.41, 5.74) is 1.80. The van der Waals surface area contributed by atoms with Gasteiger partial charge in [-0.05, 0) is 36.6 Å². The Balaban J connectivity index is 1.54. The normalized spacial score (nSPS) is 13.8. The van der Waals surface area contributed by atoms with E-state index in [9.17, 15) is 9.59 Å². The van der Waals surface area contributed by atoms with Gasteiger partial charge in [-0.1, -0.05) is 13.8 Å². The fraction of sp³-hybridized carbons (Fsp3) is 0.500. The Morgan fingerprint density at radius 2 is 1.91 bits per heavy atom. The van der Waals surface area contributed by atoms with Gasteiger partial charge in [0.1, 0.15) is 5.69 Å². The van der Waals surface area contributed by atoms with E-state index >= 15 is 0 Å². The van der Waals surface area contributed by atoms with Crippen LogP contribution in [-0.4, -0.2) is 79.7 Å². The van der Waals surface area contributed by atoms with Crippen LogP contribution < -0.4 is 15.5 Å². The van der Waals surface area contributed by atoms with Crippen molar-refractivity contribution >= 4 is 23.3 Å². The molecule has 1 aliphatic rings. The molecule has 1 saturated heterocycles. The summed E-state index contributed by atoms with van der Waals surface area (Å²) in [4.78, 5) is 37.9. The molecule has 0 spiro atoms. The van der Waals surface area contributed by atoms with Crippen molar-refractivity contribution in [3.63, 3.8) is 0 Å². The minimum absolute atomic E-state index is 0.124. The summed E-state index contributed by atoms with van der Waals surface area (Å²) in [6, 6.07) is 7.23. The molecule has 2 aromatic heterocycles. The first-order valence-electron chi connectivity index (χ1n) is 11.5. The van der Waals surface area contributed by atoms with Crippen molar-refractivity contribution in [3.05, 3.63) is 47.9 Å². The number of piperazine rings is 1. The average molecular weight is 455 g/mol. The van der Waals surface area contributed by atoms with Crippen LogP contribution in [0.1, 0.15) is 41.1 Å². The average Bonchev–Trinajstić information content (AvgIpc) is 2.85. The Bertz CT molecular complexity index is 911. The second-order valence-corrected chi connectivity index (χ2v) is 8.46. The molecule has 0 saturated carbocycles. The first-order chi connectivity index (χ1) is 16.0. The number of nitrogens with one attached hydrogen (secondary N) is 2. The molecule has 0 aromatic carbocycles. The number of pyridine rings is 2. The number of hydrogen-bond donors (Lipinski definition) is 2. The predicted octanol–water partition coefficient (Wildman–Crippen LogP) is 2.27. The van der Waals surface area contributed by atoms with Crippen molar-refractivity contribution in [1.29, 1.82) is 0 Å². The van der Waals surface area contributed by atoms with Crippen LogP contribution in [0.5, 0.6) is 0 Å². The molecule has 0 atom stereocenters. The Morgan fingerprint density at radius 3 is 2.58 bits per heavy atom. The van der Waals surface area contributed by atoms with Gasteiger partial charge in [-0.25, -0.2) is 4.98 Å². The summed E-state index contributed by atoms with van der Waals surface area (Å²) in [5, 5.41) is 6.28. The second-order valence-electron chi connectivity index (χ2n) is 8.46. The molecule has 1 fully saturated rings. The molecule has 3 heterocycles. The van der Waals surface area contributed by atoms with Crippen molar-refractivity contribution in [3.8, 4) is 0 Å². The highest BCUT2D eigenvalue weighted by Gasteiger charge is 2.25. The number of anilines is 2. The van der Waals surface area contributed by atoms with Crippen LogP contribution in [0.3, 0.4) is 0 Å². The molecule has 2 aromatic rings. The van der Waals surface area contributed by atoms with Crippen molar-refractivity contribution in [2.45, 2.75) is 20.3 Å². The molecular formula is C24H34N6O3. The zero-order valence-corrected chi connectivity index (χ0v) is 19.7. The number of methoxy groups -OCH3 is 1. The number of rotatable bonds is 10. The first kappa shape index (κ1) is 24.4. The van der Waals surface area contributed by atoms with Crippen LogP contribution >= 0.6 is 0 Å². The van der Waals surface area contributed by atoms with Gasteiger partial charge in [-0.15, -0.1) is 0 Å². The summed E-state index contributed by atoms with van der Waals surface area (Å²) in [5.74, 6) is 1.13. The van der Waals surface area contributed by atoms with Crippen molar-refractivity contribution < 1.29 is 14.3 Å². The van der Waals surface area contributed by atoms with Gasteiger partial charge in [-0.2, -0.15) is 0 Å². The van der Waals surface area contributed by atoms with Crippen molar-refractivity contribution in [2.75, 3.05) is 63.2 Å². The van der Waals surface area contributed by atoms with Gasteiger partial charge < -0.3 is 25.2 Å². The van der Waals surface area contributed by atoms with E-state index in [4.69, 9.17) is 4.74 Å². The SMILES string of the molecule is COCCCNC(=O)c1ccc(C(=O)N2CCN(c3ncccc3NCC(C)C)CC2)nc1. The van der Waals surface area contributed by atoms with Gasteiger partial charge in [0.2, 0.25) is 0 Å². The van der Waals surface area contributed by atoms with Crippen LogP contribution in [0.15, 0.2) is 36.7 Å². The van der Waals surface area contributed by atoms with E-state index in [0.29, 0.717) is 56.5 Å². The van der Waals surface area contributed by atoms with Crippen LogP contribution in [0.25, 0.3) is 0 Å². The minimum Gasteiger partial charge on any atom is -0.385 e. The molecule has 9 heteroatoms. The number of hydrogen-bond acceptors (Lipinski definition) is 7. The van der Waals surface area contributed by atoms with E-state index in [1.807, 2.05) is 12.1 Å². The van der Waals surface area contributed by atoms with Crippen molar-refractivity contribution in [1.82, 2.24) is 20.2 Å². The van der Waals surface area contributed by atoms with Crippen molar-refractivity contribution in [2.24, 2.45) is 5.92 Å². The van der Waals surface area contributed by atoms with Crippen LogP contribution in [-0.2, 0) is 4.74 Å². The van der Waals surface area contributed by atoms with Gasteiger partial charge in [0.15, 0.2) is 5.82 Å². The van der Waals surface area contributed by atoms with E-state index in [-0.39, 0.29) is 11.8 Å². The second kappa shape index (κ2) is 12.2. The maximum absolute atomic E-state index is 12.9. The van der Waals surface area contributed by atoms with Crippen LogP contribution in [0.4, 0.5) is 11.5 Å². The number of ether oxygens (including phenoxy) is 1. The lowest BCUT2D eigenvalue weighted by Gasteiger charge is -2.36. The Hall–Kier alpha value is -3.20. The third kappa shape index (κ3) is 6.89. The highest BCUT2D eigenvalue weighted by atomic mass is 16.5. The summed E-state index contributed by atoms with van der Waals surface area (Å²) in [7, 11) is 1.63. The smallest absolute Gasteiger partial charge is 0.272 e. The standard InChI is InChI=1S/C24H34N6O3/c1-18(2)16-27-20-6-4-9-25-22(20)29-11-13-30(14-12-29)24(32)21-8-7-19(17-28-21)23(31)26-10-5-15-33-3/h4,6-9,17-18,27H,5,10-16H2,1-3H3,(H,26,31). The molecule has 1 aliphatic heterocycles. The quantitative estimate of drug-likeness (QED) is 0.531. The van der Waals surface area contributed by atoms with Gasteiger partial charge in [0, 0.05) is 65.4 Å². The molecule has 178 valence electrons. The number of amides is 2. The molecule has 2 amide bonds. The predicted molar refractivity (Wildman–Crippen MR) is 129 cm³/mol. The largest absolute Gasteiger partial charge is 0.385 e. The van der Waals surface area contributed by atoms with Gasteiger partial charge in [0.05, 0.1) is 11.3 Å². The summed E-state index contributed by atoms with van der Waals surface area (Å²) in [6.07, 6.45) is 3.99. The first-order valence-corrected chi connectivity index (χ1v) is 11.5. The lowest BCUT2D eigenvalue weighted by Crippen LogP contribution is -2.49. The van der Waals surface area contributed by atoms with Crippen LogP contribution in [0, 0.1) is 5.92 Å². The van der Waals surface area contributed by atoms with E-state index in [1.54, 1.807) is 30.3 Å². The summed E-state index contributed by atoms with van der Waals surface area (Å²) in [6.45, 7) is 8.90. The zero-order valence-electron chi connectivity index (χ0n) is 19.7. The van der Waals surface area contributed by atoms with Gasteiger partial charge in [0.25, 0.3) is 11.8 Å². The molecular weight excluding hydrogens is 420 g/mol. The highest BCUT2D eigenvalue weighted by Crippen LogP contribution is 2.24. The van der Waals surface area contributed by atoms with Gasteiger partial charge in [-0.3, -0.25) is 14.6 Å². The lowest BCUT2D eigenvalue weighted by atomic mass is 10.2. The lowest BCUT2D eigenvalue weighted by molar-refractivity contribution is 0.0740. The summed E-state index contributed by atoms with van der Waals surface area (Å²) >= 11 is 0. The molecule has 0 aliphatic carbocycles. The fourth-order valence-corrected chi connectivity index (χ4v) is 3.56. The van der Waals surface area contributed by atoms with E-state index in [2.05, 4.69) is 39.3 Å². The van der Waals surface area contributed by atoms with E-state index < -0.39 is 0 Å². The molecule has 2 N–H and O–H groups in total. The third-order valence-corrected chi connectivity index (χ3v) is 5.41. The van der Waals surface area contributed by atoms with Gasteiger partial charge >= 0.3 is 0 Å². The number of carbonyl (C=O) groups excluding carboxylic acids is 2. The Kier molecular flexibility index (Phi) is 9.00. The number of carbonyl (C=O) groups is 2. The molecule has 3 rings (SSSR count). The highest BCUT2D eigenvalue weighted by molar-refractivity contribution is 5.96. The number of nitrogens with zero attached hydrogens (tertiary/aromatic N) is 4. The Labute approximate surface area is 195 Å². The maximum Gasteiger partial charge on any atom is 0.272 e. The molecule has 0 radical (unpaired) electrons. The minimum atomic E-state index is -0.205. The Morgan fingerprint density at radius 1 is 1.12 bits per heavy atom. The fourth-order valence-electron chi connectivity index (χ4n) is 3.56. The molecule has 9 nitrogen and oxygen atoms in total. The maximum atomic E-state index is 12.9. The topological polar surface area (TPSA) is 99.7 Å². The molecule has 33 heavy (non-hydrogen) atoms. The monoisotopic (exact) mass is 454 g/mol. The molecule has 0 bridgehead atoms. The zero-order chi connectivity index (χ0) is 23.6. The number of aromatic nitrogens is 2.